The van der Waals surface area contributed by atoms with E-state index < -0.39 is 0 Å². The van der Waals surface area contributed by atoms with Gasteiger partial charge >= 0.3 is 0 Å². The van der Waals surface area contributed by atoms with Crippen molar-refractivity contribution in [2.75, 3.05) is 18.5 Å². The highest BCUT2D eigenvalue weighted by Crippen LogP contribution is 2.36. The molecule has 0 saturated heterocycles. The van der Waals surface area contributed by atoms with E-state index in [0.29, 0.717) is 5.54 Å². The second kappa shape index (κ2) is 3.67. The maximum absolute atomic E-state index is 5.74. The van der Waals surface area contributed by atoms with Crippen LogP contribution in [0.2, 0.25) is 0 Å². The molecule has 1 saturated carbocycles. The molecule has 0 amide bonds. The number of para-hydroxylation sites is 1. The smallest absolute Gasteiger partial charge is 0.146 e. The van der Waals surface area contributed by atoms with Gasteiger partial charge in [-0.1, -0.05) is 12.1 Å². The molecule has 0 atom stereocenters. The quantitative estimate of drug-likeness (QED) is 0.815. The van der Waals surface area contributed by atoms with Gasteiger partial charge in [0.1, 0.15) is 12.4 Å². The van der Waals surface area contributed by atoms with Gasteiger partial charge in [0.15, 0.2) is 0 Å². The van der Waals surface area contributed by atoms with Crippen molar-refractivity contribution in [2.45, 2.75) is 31.8 Å². The van der Waals surface area contributed by atoms with E-state index in [0.717, 1.165) is 31.1 Å². The summed E-state index contributed by atoms with van der Waals surface area (Å²) in [5.74, 6) is 1.03. The molecule has 1 heterocycles. The van der Waals surface area contributed by atoms with Crippen LogP contribution in [0.3, 0.4) is 0 Å². The van der Waals surface area contributed by atoms with E-state index in [4.69, 9.17) is 4.74 Å². The second-order valence-corrected chi connectivity index (χ2v) is 4.98. The van der Waals surface area contributed by atoms with Crippen molar-refractivity contribution in [1.29, 1.82) is 0 Å². The third-order valence-electron chi connectivity index (χ3n) is 3.47. The molecule has 1 aliphatic heterocycles. The minimum Gasteiger partial charge on any atom is -0.489 e. The maximum atomic E-state index is 5.74. The summed E-state index contributed by atoms with van der Waals surface area (Å²) in [5, 5.41) is 6.95. The van der Waals surface area contributed by atoms with Gasteiger partial charge in [0.25, 0.3) is 0 Å². The Morgan fingerprint density at radius 2 is 2.31 bits per heavy atom. The van der Waals surface area contributed by atoms with E-state index >= 15 is 0 Å². The highest BCUT2D eigenvalue weighted by molar-refractivity contribution is 5.61. The van der Waals surface area contributed by atoms with Crippen molar-refractivity contribution in [1.82, 2.24) is 5.32 Å². The zero-order chi connectivity index (χ0) is 11.0. The number of rotatable bonds is 3. The highest BCUT2D eigenvalue weighted by atomic mass is 16.5. The molecule has 16 heavy (non-hydrogen) atoms. The number of nitrogens with one attached hydrogen (secondary N) is 2. The number of anilines is 1. The predicted molar refractivity (Wildman–Crippen MR) is 64.9 cm³/mol. The van der Waals surface area contributed by atoms with Gasteiger partial charge in [0, 0.05) is 24.2 Å². The van der Waals surface area contributed by atoms with E-state index in [1.807, 2.05) is 0 Å². The fourth-order valence-corrected chi connectivity index (χ4v) is 2.05. The van der Waals surface area contributed by atoms with E-state index in [-0.39, 0.29) is 0 Å². The van der Waals surface area contributed by atoms with Gasteiger partial charge in [0.05, 0.1) is 5.69 Å². The van der Waals surface area contributed by atoms with Gasteiger partial charge < -0.3 is 15.4 Å². The Labute approximate surface area is 96.2 Å². The van der Waals surface area contributed by atoms with E-state index in [1.165, 1.54) is 18.4 Å². The Morgan fingerprint density at radius 3 is 3.12 bits per heavy atom. The van der Waals surface area contributed by atoms with Crippen molar-refractivity contribution >= 4 is 5.69 Å². The lowest BCUT2D eigenvalue weighted by Gasteiger charge is -2.22. The first kappa shape index (κ1) is 9.97. The minimum atomic E-state index is 0.380. The van der Waals surface area contributed by atoms with Gasteiger partial charge in [-0.05, 0) is 25.8 Å². The second-order valence-electron chi connectivity index (χ2n) is 4.98. The Bertz CT molecular complexity index is 399. The lowest BCUT2D eigenvalue weighted by molar-refractivity contribution is 0.318. The summed E-state index contributed by atoms with van der Waals surface area (Å²) < 4.78 is 5.74. The molecule has 1 aromatic carbocycles. The topological polar surface area (TPSA) is 33.3 Å². The van der Waals surface area contributed by atoms with Crippen LogP contribution in [0.4, 0.5) is 5.69 Å². The molecular weight excluding hydrogens is 200 g/mol. The summed E-state index contributed by atoms with van der Waals surface area (Å²) in [7, 11) is 0. The maximum Gasteiger partial charge on any atom is 0.146 e. The van der Waals surface area contributed by atoms with Crippen LogP contribution in [-0.4, -0.2) is 18.7 Å². The number of hydrogen-bond acceptors (Lipinski definition) is 3. The predicted octanol–water partition coefficient (Wildman–Crippen LogP) is 2.13. The average molecular weight is 218 g/mol. The van der Waals surface area contributed by atoms with Crippen molar-refractivity contribution in [3.05, 3.63) is 23.8 Å². The van der Waals surface area contributed by atoms with Gasteiger partial charge in [-0.25, -0.2) is 0 Å². The Kier molecular flexibility index (Phi) is 2.28. The van der Waals surface area contributed by atoms with Gasteiger partial charge in [-0.2, -0.15) is 0 Å². The highest BCUT2D eigenvalue weighted by Gasteiger charge is 2.36. The molecule has 0 radical (unpaired) electrons. The first-order chi connectivity index (χ1) is 7.77. The van der Waals surface area contributed by atoms with Crippen molar-refractivity contribution in [3.8, 4) is 5.75 Å². The van der Waals surface area contributed by atoms with E-state index in [2.05, 4.69) is 35.8 Å². The molecule has 2 N–H and O–H groups in total. The lowest BCUT2D eigenvalue weighted by atomic mass is 10.1. The first-order valence-electron chi connectivity index (χ1n) is 6.00. The van der Waals surface area contributed by atoms with Gasteiger partial charge in [-0.15, -0.1) is 0 Å². The number of hydrogen-bond donors (Lipinski definition) is 2. The number of benzene rings is 1. The molecule has 3 rings (SSSR count). The molecule has 3 nitrogen and oxygen atoms in total. The SMILES string of the molecule is CC1(NCc2cccc3c2OCCN3)CC1. The first-order valence-corrected chi connectivity index (χ1v) is 6.00. The largest absolute Gasteiger partial charge is 0.489 e. The van der Waals surface area contributed by atoms with Crippen LogP contribution in [0.5, 0.6) is 5.75 Å². The summed E-state index contributed by atoms with van der Waals surface area (Å²) in [4.78, 5) is 0. The van der Waals surface area contributed by atoms with Crippen LogP contribution >= 0.6 is 0 Å². The molecule has 86 valence electrons. The average Bonchev–Trinajstić information content (AvgIpc) is 3.05. The molecule has 0 spiro atoms. The fourth-order valence-electron chi connectivity index (χ4n) is 2.05. The zero-order valence-corrected chi connectivity index (χ0v) is 9.68. The zero-order valence-electron chi connectivity index (χ0n) is 9.68. The Balaban J connectivity index is 1.78. The van der Waals surface area contributed by atoms with Crippen LogP contribution in [0.15, 0.2) is 18.2 Å². The fraction of sp³-hybridized carbons (Fsp3) is 0.538. The molecule has 0 aromatic heterocycles. The molecule has 2 aliphatic rings. The van der Waals surface area contributed by atoms with Crippen molar-refractivity contribution < 1.29 is 4.74 Å². The molecular formula is C13H18N2O. The van der Waals surface area contributed by atoms with Gasteiger partial charge in [-0.3, -0.25) is 0 Å². The Hall–Kier alpha value is -1.22. The van der Waals surface area contributed by atoms with E-state index in [1.54, 1.807) is 0 Å². The van der Waals surface area contributed by atoms with Crippen LogP contribution in [0.25, 0.3) is 0 Å². The standard InChI is InChI=1S/C13H18N2O/c1-13(5-6-13)15-9-10-3-2-4-11-12(10)16-8-7-14-11/h2-4,14-15H,5-9H2,1H3. The lowest BCUT2D eigenvalue weighted by Crippen LogP contribution is -2.28. The van der Waals surface area contributed by atoms with Crippen LogP contribution < -0.4 is 15.4 Å². The molecule has 0 unspecified atom stereocenters. The molecule has 1 aromatic rings. The molecule has 3 heteroatoms. The third-order valence-corrected chi connectivity index (χ3v) is 3.47. The van der Waals surface area contributed by atoms with Crippen molar-refractivity contribution in [2.24, 2.45) is 0 Å². The number of ether oxygens (including phenoxy) is 1. The summed E-state index contributed by atoms with van der Waals surface area (Å²) in [5.41, 5.74) is 2.77. The van der Waals surface area contributed by atoms with Crippen LogP contribution in [0, 0.1) is 0 Å². The van der Waals surface area contributed by atoms with Crippen LogP contribution in [0.1, 0.15) is 25.3 Å². The summed E-state index contributed by atoms with van der Waals surface area (Å²) in [6, 6.07) is 6.31. The minimum absolute atomic E-state index is 0.380. The van der Waals surface area contributed by atoms with E-state index in [9.17, 15) is 0 Å². The summed E-state index contributed by atoms with van der Waals surface area (Å²) in [6.45, 7) is 4.85. The Morgan fingerprint density at radius 1 is 1.44 bits per heavy atom. The molecule has 1 fully saturated rings. The molecule has 0 bridgehead atoms. The summed E-state index contributed by atoms with van der Waals surface area (Å²) in [6.07, 6.45) is 2.59. The van der Waals surface area contributed by atoms with Crippen molar-refractivity contribution in [3.63, 3.8) is 0 Å². The summed E-state index contributed by atoms with van der Waals surface area (Å²) >= 11 is 0. The monoisotopic (exact) mass is 218 g/mol. The normalized spacial score (nSPS) is 20.6. The van der Waals surface area contributed by atoms with Crippen LogP contribution in [-0.2, 0) is 6.54 Å². The number of fused-ring (bicyclic) bond motifs is 1. The molecule has 1 aliphatic carbocycles. The van der Waals surface area contributed by atoms with Gasteiger partial charge in [0.2, 0.25) is 0 Å². The third kappa shape index (κ3) is 1.87.